The molecule has 0 aliphatic carbocycles. The first-order valence-electron chi connectivity index (χ1n) is 6.90. The van der Waals surface area contributed by atoms with Gasteiger partial charge in [0.05, 0.1) is 12.1 Å². The molecular weight excluding hydrogens is 303 g/mol. The van der Waals surface area contributed by atoms with Crippen LogP contribution in [-0.2, 0) is 0 Å². The third-order valence-corrected chi connectivity index (χ3v) is 3.73. The molecule has 3 nitrogen and oxygen atoms in total. The molecule has 116 valence electrons. The van der Waals surface area contributed by atoms with Crippen LogP contribution in [0, 0.1) is 5.82 Å². The van der Waals surface area contributed by atoms with Gasteiger partial charge in [-0.25, -0.2) is 4.39 Å². The van der Waals surface area contributed by atoms with Gasteiger partial charge in [0.1, 0.15) is 5.82 Å². The van der Waals surface area contributed by atoms with Gasteiger partial charge >= 0.3 is 0 Å². The molecule has 3 N–H and O–H groups in total. The van der Waals surface area contributed by atoms with E-state index in [1.54, 1.807) is 12.1 Å². The summed E-state index contributed by atoms with van der Waals surface area (Å²) in [6.45, 7) is 0.105. The van der Waals surface area contributed by atoms with E-state index in [-0.39, 0.29) is 24.8 Å². The van der Waals surface area contributed by atoms with Crippen LogP contribution in [0.3, 0.4) is 0 Å². The van der Waals surface area contributed by atoms with Gasteiger partial charge in [-0.2, -0.15) is 0 Å². The van der Waals surface area contributed by atoms with Gasteiger partial charge in [-0.15, -0.1) is 12.4 Å². The number of hydrogen-bond donors (Lipinski definition) is 2. The minimum absolute atomic E-state index is 0. The molecule has 0 bridgehead atoms. The van der Waals surface area contributed by atoms with Crippen LogP contribution in [0.2, 0.25) is 0 Å². The highest BCUT2D eigenvalue weighted by Crippen LogP contribution is 2.28. The minimum atomic E-state index is -0.789. The van der Waals surface area contributed by atoms with Crippen LogP contribution in [0.5, 0.6) is 0 Å². The number of nitrogens with zero attached hydrogens (tertiary/aromatic N) is 1. The maximum atomic E-state index is 13.5. The summed E-state index contributed by atoms with van der Waals surface area (Å²) < 4.78 is 15.5. The van der Waals surface area contributed by atoms with Crippen molar-refractivity contribution in [3.8, 4) is 0 Å². The lowest BCUT2D eigenvalue weighted by atomic mass is 10.0. The fourth-order valence-electron chi connectivity index (χ4n) is 2.73. The van der Waals surface area contributed by atoms with Crippen LogP contribution in [-0.4, -0.2) is 22.3 Å². The molecule has 0 saturated heterocycles. The Morgan fingerprint density at radius 2 is 1.86 bits per heavy atom. The van der Waals surface area contributed by atoms with E-state index in [1.165, 1.54) is 12.1 Å². The molecule has 22 heavy (non-hydrogen) atoms. The Hall–Kier alpha value is -1.88. The van der Waals surface area contributed by atoms with Gasteiger partial charge in [-0.05, 0) is 35.2 Å². The maximum absolute atomic E-state index is 13.5. The number of para-hydroxylation sites is 1. The van der Waals surface area contributed by atoms with E-state index in [4.69, 9.17) is 5.73 Å². The average Bonchev–Trinajstić information content (AvgIpc) is 2.91. The fraction of sp³-hybridized carbons (Fsp3) is 0.176. The molecule has 0 unspecified atom stereocenters. The van der Waals surface area contributed by atoms with Crippen molar-refractivity contribution < 1.29 is 9.50 Å². The lowest BCUT2D eigenvalue weighted by Gasteiger charge is -2.25. The van der Waals surface area contributed by atoms with E-state index in [0.717, 1.165) is 10.9 Å². The van der Waals surface area contributed by atoms with Crippen molar-refractivity contribution in [3.05, 3.63) is 72.2 Å². The van der Waals surface area contributed by atoms with Crippen molar-refractivity contribution in [1.82, 2.24) is 4.57 Å². The first kappa shape index (κ1) is 16.5. The standard InChI is InChI=1S/C17H17FN2O.ClH/c18-14-6-3-5-13(10-14)17(16(21)11-19)20-9-8-12-4-1-2-7-15(12)20;/h1-10,16-17,21H,11,19H2;1H/t16-,17+;/m1./s1. The third-order valence-electron chi connectivity index (χ3n) is 3.73. The zero-order chi connectivity index (χ0) is 14.8. The van der Waals surface area contributed by atoms with Crippen molar-refractivity contribution >= 4 is 23.3 Å². The predicted octanol–water partition coefficient (Wildman–Crippen LogP) is 3.11. The van der Waals surface area contributed by atoms with Crippen LogP contribution in [0.4, 0.5) is 4.39 Å². The molecule has 1 aromatic heterocycles. The van der Waals surface area contributed by atoms with Crippen LogP contribution in [0.25, 0.3) is 10.9 Å². The minimum Gasteiger partial charge on any atom is -0.389 e. The molecule has 0 spiro atoms. The topological polar surface area (TPSA) is 51.2 Å². The molecule has 0 aliphatic heterocycles. The Bertz CT molecular complexity index is 759. The molecule has 5 heteroatoms. The van der Waals surface area contributed by atoms with E-state index in [9.17, 15) is 9.50 Å². The van der Waals surface area contributed by atoms with E-state index in [0.29, 0.717) is 5.56 Å². The molecule has 2 aromatic carbocycles. The number of halogens is 2. The number of aliphatic hydroxyl groups is 1. The molecule has 3 aromatic rings. The van der Waals surface area contributed by atoms with Gasteiger partial charge in [-0.3, -0.25) is 0 Å². The zero-order valence-corrected chi connectivity index (χ0v) is 12.7. The molecule has 1 heterocycles. The summed E-state index contributed by atoms with van der Waals surface area (Å²) in [4.78, 5) is 0. The van der Waals surface area contributed by atoms with Crippen molar-refractivity contribution in [2.45, 2.75) is 12.1 Å². The highest BCUT2D eigenvalue weighted by molar-refractivity contribution is 5.85. The lowest BCUT2D eigenvalue weighted by molar-refractivity contribution is 0.139. The molecule has 0 fully saturated rings. The molecule has 0 radical (unpaired) electrons. The Morgan fingerprint density at radius 3 is 2.59 bits per heavy atom. The van der Waals surface area contributed by atoms with Gasteiger partial charge < -0.3 is 15.4 Å². The van der Waals surface area contributed by atoms with Crippen molar-refractivity contribution in [3.63, 3.8) is 0 Å². The highest BCUT2D eigenvalue weighted by atomic mass is 35.5. The number of nitrogens with two attached hydrogens (primary N) is 1. The number of benzene rings is 2. The lowest BCUT2D eigenvalue weighted by Crippen LogP contribution is -2.31. The number of hydrogen-bond acceptors (Lipinski definition) is 2. The van der Waals surface area contributed by atoms with Crippen LogP contribution in [0.1, 0.15) is 11.6 Å². The Balaban J connectivity index is 0.00000176. The maximum Gasteiger partial charge on any atom is 0.123 e. The summed E-state index contributed by atoms with van der Waals surface area (Å²) >= 11 is 0. The third kappa shape index (κ3) is 2.99. The Kier molecular flexibility index (Phi) is 5.19. The Morgan fingerprint density at radius 1 is 1.09 bits per heavy atom. The van der Waals surface area contributed by atoms with E-state index in [1.807, 2.05) is 41.1 Å². The van der Waals surface area contributed by atoms with Gasteiger partial charge in [0.15, 0.2) is 0 Å². The largest absolute Gasteiger partial charge is 0.389 e. The summed E-state index contributed by atoms with van der Waals surface area (Å²) in [6.07, 6.45) is 1.11. The van der Waals surface area contributed by atoms with Crippen molar-refractivity contribution in [2.24, 2.45) is 5.73 Å². The van der Waals surface area contributed by atoms with Gasteiger partial charge in [-0.1, -0.05) is 30.3 Å². The van der Waals surface area contributed by atoms with Crippen molar-refractivity contribution in [2.75, 3.05) is 6.54 Å². The van der Waals surface area contributed by atoms with Gasteiger partial charge in [0.25, 0.3) is 0 Å². The van der Waals surface area contributed by atoms with Crippen molar-refractivity contribution in [1.29, 1.82) is 0 Å². The van der Waals surface area contributed by atoms with Gasteiger partial charge in [0, 0.05) is 18.3 Å². The molecule has 3 rings (SSSR count). The monoisotopic (exact) mass is 320 g/mol. The second-order valence-corrected chi connectivity index (χ2v) is 5.08. The van der Waals surface area contributed by atoms with Crippen LogP contribution >= 0.6 is 12.4 Å². The zero-order valence-electron chi connectivity index (χ0n) is 11.9. The summed E-state index contributed by atoms with van der Waals surface area (Å²) in [5.74, 6) is -0.321. The smallest absolute Gasteiger partial charge is 0.123 e. The summed E-state index contributed by atoms with van der Waals surface area (Å²) in [6, 6.07) is 15.7. The summed E-state index contributed by atoms with van der Waals surface area (Å²) in [5.41, 5.74) is 7.33. The Labute approximate surface area is 134 Å². The first-order chi connectivity index (χ1) is 10.2. The SMILES string of the molecule is Cl.NC[C@@H](O)[C@H](c1cccc(F)c1)n1ccc2ccccc21. The normalized spacial score (nSPS) is 13.6. The molecular formula is C17H18ClFN2O. The second kappa shape index (κ2) is 6.92. The van der Waals surface area contributed by atoms with Gasteiger partial charge in [0.2, 0.25) is 0 Å². The van der Waals surface area contributed by atoms with E-state index in [2.05, 4.69) is 0 Å². The van der Waals surface area contributed by atoms with E-state index < -0.39 is 12.1 Å². The number of rotatable bonds is 4. The quantitative estimate of drug-likeness (QED) is 0.776. The molecule has 2 atom stereocenters. The van der Waals surface area contributed by atoms with E-state index >= 15 is 0 Å². The number of fused-ring (bicyclic) bond motifs is 1. The number of aliphatic hydroxyl groups excluding tert-OH is 1. The summed E-state index contributed by atoms with van der Waals surface area (Å²) in [7, 11) is 0. The van der Waals surface area contributed by atoms with Crippen LogP contribution < -0.4 is 5.73 Å². The fourth-order valence-corrected chi connectivity index (χ4v) is 2.73. The number of aromatic nitrogens is 1. The molecule has 0 aliphatic rings. The summed E-state index contributed by atoms with van der Waals surface area (Å²) in [5, 5.41) is 11.4. The predicted molar refractivity (Wildman–Crippen MR) is 88.8 cm³/mol. The molecule has 0 saturated carbocycles. The second-order valence-electron chi connectivity index (χ2n) is 5.08. The average molecular weight is 321 g/mol. The molecule has 0 amide bonds. The van der Waals surface area contributed by atoms with Crippen LogP contribution in [0.15, 0.2) is 60.8 Å². The first-order valence-corrected chi connectivity index (χ1v) is 6.90. The highest BCUT2D eigenvalue weighted by Gasteiger charge is 2.23.